The molecule has 2 aromatic carbocycles. The number of nitrogens with zero attached hydrogens (tertiary/aromatic N) is 5. The van der Waals surface area contributed by atoms with E-state index in [1.165, 1.54) is 24.8 Å². The fraction of sp³-hybridized carbons (Fsp3) is 0.360. The first-order valence-corrected chi connectivity index (χ1v) is 12.5. The van der Waals surface area contributed by atoms with Crippen LogP contribution in [0.2, 0.25) is 0 Å². The highest BCUT2D eigenvalue weighted by atomic mass is 32.2. The molecule has 7 nitrogen and oxygen atoms in total. The minimum Gasteiger partial charge on any atom is -0.366 e. The van der Waals surface area contributed by atoms with Crippen molar-refractivity contribution in [1.82, 2.24) is 19.7 Å². The van der Waals surface area contributed by atoms with Crippen molar-refractivity contribution in [3.63, 3.8) is 0 Å². The monoisotopic (exact) mass is 479 g/mol. The summed E-state index contributed by atoms with van der Waals surface area (Å²) < 4.78 is 16.4. The van der Waals surface area contributed by atoms with Gasteiger partial charge in [-0.3, -0.25) is 9.59 Å². The van der Waals surface area contributed by atoms with Crippen LogP contribution in [0, 0.1) is 5.82 Å². The van der Waals surface area contributed by atoms with Gasteiger partial charge in [-0.05, 0) is 50.1 Å². The number of halogens is 1. The molecule has 2 fully saturated rings. The lowest BCUT2D eigenvalue weighted by atomic mass is 10.1. The first-order chi connectivity index (χ1) is 16.5. The fourth-order valence-corrected chi connectivity index (χ4v) is 4.86. The molecular formula is C25H26FN5O2S. The van der Waals surface area contributed by atoms with Gasteiger partial charge in [0.2, 0.25) is 11.1 Å². The summed E-state index contributed by atoms with van der Waals surface area (Å²) in [4.78, 5) is 32.7. The second kappa shape index (κ2) is 9.58. The number of Topliss-reactive ketones (excluding diaryl/α,β-unsaturated/α-hetero) is 1. The molecule has 0 bridgehead atoms. The molecule has 1 aromatic heterocycles. The predicted octanol–water partition coefficient (Wildman–Crippen LogP) is 3.93. The Morgan fingerprint density at radius 2 is 1.79 bits per heavy atom. The number of benzene rings is 2. The van der Waals surface area contributed by atoms with Crippen molar-refractivity contribution < 1.29 is 14.0 Å². The summed E-state index contributed by atoms with van der Waals surface area (Å²) in [7, 11) is 0. The van der Waals surface area contributed by atoms with E-state index < -0.39 is 5.82 Å². The van der Waals surface area contributed by atoms with Gasteiger partial charge < -0.3 is 9.80 Å². The molecule has 2 aliphatic rings. The maximum Gasteiger partial charge on any atom is 0.233 e. The summed E-state index contributed by atoms with van der Waals surface area (Å²) in [5.41, 5.74) is 1.81. The Bertz CT molecular complexity index is 1200. The van der Waals surface area contributed by atoms with E-state index in [0.29, 0.717) is 48.5 Å². The number of hydrogen-bond acceptors (Lipinski definition) is 6. The SMILES string of the molecule is CC(=O)c1ccc(N2CCN(C(=O)CSc3nc(C4CC4)n(-c4ccccc4)n3)CC2)c(F)c1. The molecule has 0 atom stereocenters. The summed E-state index contributed by atoms with van der Waals surface area (Å²) >= 11 is 1.36. The zero-order valence-electron chi connectivity index (χ0n) is 19.0. The van der Waals surface area contributed by atoms with Gasteiger partial charge in [-0.25, -0.2) is 14.1 Å². The molecule has 1 saturated carbocycles. The quantitative estimate of drug-likeness (QED) is 0.378. The molecule has 0 spiro atoms. The number of piperazine rings is 1. The highest BCUT2D eigenvalue weighted by Gasteiger charge is 2.31. The van der Waals surface area contributed by atoms with Gasteiger partial charge in [-0.1, -0.05) is 30.0 Å². The van der Waals surface area contributed by atoms with E-state index in [1.54, 1.807) is 17.0 Å². The van der Waals surface area contributed by atoms with Crippen LogP contribution in [0.3, 0.4) is 0 Å². The summed E-state index contributed by atoms with van der Waals surface area (Å²) in [6.45, 7) is 3.54. The lowest BCUT2D eigenvalue weighted by Crippen LogP contribution is -2.49. The van der Waals surface area contributed by atoms with Crippen LogP contribution in [0.15, 0.2) is 53.7 Å². The van der Waals surface area contributed by atoms with Crippen molar-refractivity contribution in [1.29, 1.82) is 0 Å². The average molecular weight is 480 g/mol. The molecule has 3 aromatic rings. The van der Waals surface area contributed by atoms with Crippen LogP contribution in [0.4, 0.5) is 10.1 Å². The van der Waals surface area contributed by atoms with Gasteiger partial charge in [0, 0.05) is 37.7 Å². The van der Waals surface area contributed by atoms with Crippen molar-refractivity contribution in [2.45, 2.75) is 30.8 Å². The maximum atomic E-state index is 14.5. The highest BCUT2D eigenvalue weighted by molar-refractivity contribution is 7.99. The lowest BCUT2D eigenvalue weighted by molar-refractivity contribution is -0.128. The van der Waals surface area contributed by atoms with Gasteiger partial charge >= 0.3 is 0 Å². The van der Waals surface area contributed by atoms with Crippen LogP contribution in [-0.4, -0.2) is 63.3 Å². The molecule has 9 heteroatoms. The number of para-hydroxylation sites is 1. The number of aromatic nitrogens is 3. The van der Waals surface area contributed by atoms with Gasteiger partial charge in [0.1, 0.15) is 11.6 Å². The zero-order chi connectivity index (χ0) is 23.7. The van der Waals surface area contributed by atoms with Crippen LogP contribution < -0.4 is 4.90 Å². The van der Waals surface area contributed by atoms with Gasteiger partial charge in [0.15, 0.2) is 5.78 Å². The molecule has 1 aliphatic heterocycles. The minimum atomic E-state index is -0.408. The molecule has 0 N–H and O–H groups in total. The third kappa shape index (κ3) is 4.84. The van der Waals surface area contributed by atoms with Gasteiger partial charge in [0.05, 0.1) is 17.1 Å². The number of anilines is 1. The number of thioether (sulfide) groups is 1. The molecule has 0 radical (unpaired) electrons. The van der Waals surface area contributed by atoms with E-state index in [9.17, 15) is 14.0 Å². The number of carbonyl (C=O) groups excluding carboxylic acids is 2. The normalized spacial score (nSPS) is 16.1. The number of hydrogen-bond donors (Lipinski definition) is 0. The molecule has 5 rings (SSSR count). The minimum absolute atomic E-state index is 0.0288. The van der Waals surface area contributed by atoms with Crippen LogP contribution in [-0.2, 0) is 4.79 Å². The zero-order valence-corrected chi connectivity index (χ0v) is 19.8. The molecule has 1 amide bonds. The van der Waals surface area contributed by atoms with Crippen LogP contribution >= 0.6 is 11.8 Å². The molecular weight excluding hydrogens is 453 g/mol. The van der Waals surface area contributed by atoms with Crippen molar-refractivity contribution in [2.75, 3.05) is 36.8 Å². The summed E-state index contributed by atoms with van der Waals surface area (Å²) in [5.74, 6) is 1.13. The lowest BCUT2D eigenvalue weighted by Gasteiger charge is -2.36. The smallest absolute Gasteiger partial charge is 0.233 e. The Morgan fingerprint density at radius 3 is 2.44 bits per heavy atom. The third-order valence-electron chi connectivity index (χ3n) is 6.21. The third-order valence-corrected chi connectivity index (χ3v) is 7.03. The van der Waals surface area contributed by atoms with E-state index in [-0.39, 0.29) is 17.4 Å². The van der Waals surface area contributed by atoms with Crippen molar-refractivity contribution >= 4 is 29.1 Å². The van der Waals surface area contributed by atoms with E-state index in [1.807, 2.05) is 39.9 Å². The van der Waals surface area contributed by atoms with Crippen LogP contribution in [0.1, 0.15) is 41.9 Å². The van der Waals surface area contributed by atoms with Crippen LogP contribution in [0.25, 0.3) is 5.69 Å². The number of ketones is 1. The van der Waals surface area contributed by atoms with Gasteiger partial charge in [-0.2, -0.15) is 0 Å². The molecule has 1 aliphatic carbocycles. The van der Waals surface area contributed by atoms with E-state index >= 15 is 0 Å². The summed E-state index contributed by atoms with van der Waals surface area (Å²) in [5, 5.41) is 5.28. The fourth-order valence-electron chi connectivity index (χ4n) is 4.13. The van der Waals surface area contributed by atoms with Gasteiger partial charge in [0.25, 0.3) is 0 Å². The topological polar surface area (TPSA) is 71.3 Å². The predicted molar refractivity (Wildman–Crippen MR) is 129 cm³/mol. The second-order valence-corrected chi connectivity index (χ2v) is 9.60. The van der Waals surface area contributed by atoms with Crippen molar-refractivity contribution in [3.8, 4) is 5.69 Å². The molecule has 2 heterocycles. The first kappa shape index (κ1) is 22.6. The molecule has 176 valence electrons. The average Bonchev–Trinajstić information content (AvgIpc) is 3.62. The standard InChI is InChI=1S/C25H26FN5O2S/c1-17(32)19-9-10-22(21(26)15-19)29-11-13-30(14-12-29)23(33)16-34-25-27-24(18-7-8-18)31(28-25)20-5-3-2-4-6-20/h2-6,9-10,15,18H,7-8,11-14,16H2,1H3. The van der Waals surface area contributed by atoms with E-state index in [4.69, 9.17) is 4.98 Å². The van der Waals surface area contributed by atoms with E-state index in [0.717, 1.165) is 24.4 Å². The van der Waals surface area contributed by atoms with E-state index in [2.05, 4.69) is 5.10 Å². The highest BCUT2D eigenvalue weighted by Crippen LogP contribution is 2.40. The van der Waals surface area contributed by atoms with Crippen molar-refractivity contribution in [3.05, 3.63) is 65.7 Å². The Balaban J connectivity index is 1.18. The number of carbonyl (C=O) groups is 2. The van der Waals surface area contributed by atoms with Gasteiger partial charge in [-0.15, -0.1) is 5.10 Å². The molecule has 0 unspecified atom stereocenters. The Kier molecular flexibility index (Phi) is 6.36. The van der Waals surface area contributed by atoms with Crippen molar-refractivity contribution in [2.24, 2.45) is 0 Å². The molecule has 34 heavy (non-hydrogen) atoms. The summed E-state index contributed by atoms with van der Waals surface area (Å²) in [6, 6.07) is 14.5. The maximum absolute atomic E-state index is 14.5. The number of amides is 1. The Morgan fingerprint density at radius 1 is 1.06 bits per heavy atom. The first-order valence-electron chi connectivity index (χ1n) is 11.5. The summed E-state index contributed by atoms with van der Waals surface area (Å²) in [6.07, 6.45) is 2.24. The Hall–Kier alpha value is -3.20. The second-order valence-electron chi connectivity index (χ2n) is 8.65. The van der Waals surface area contributed by atoms with Crippen LogP contribution in [0.5, 0.6) is 0 Å². The Labute approximate surface area is 202 Å². The molecule has 1 saturated heterocycles. The largest absolute Gasteiger partial charge is 0.366 e. The number of rotatable bonds is 7.